The minimum Gasteiger partial charge on any atom is -0.457 e. The summed E-state index contributed by atoms with van der Waals surface area (Å²) >= 11 is 0. The fourth-order valence-electron chi connectivity index (χ4n) is 3.19. The fourth-order valence-corrected chi connectivity index (χ4v) is 3.19. The maximum absolute atomic E-state index is 12.4. The van der Waals surface area contributed by atoms with Crippen LogP contribution in [0.4, 0.5) is 11.4 Å². The van der Waals surface area contributed by atoms with Crippen LogP contribution in [0, 0.1) is 17.0 Å². The highest BCUT2D eigenvalue weighted by molar-refractivity contribution is 5.91. The largest absolute Gasteiger partial charge is 0.457 e. The predicted octanol–water partition coefficient (Wildman–Crippen LogP) is 4.07. The van der Waals surface area contributed by atoms with E-state index in [-0.39, 0.29) is 29.5 Å². The van der Waals surface area contributed by atoms with Gasteiger partial charge in [0.1, 0.15) is 17.9 Å². The molecular weight excluding hydrogens is 376 g/mol. The van der Waals surface area contributed by atoms with Crippen LogP contribution in [0.3, 0.4) is 0 Å². The Morgan fingerprint density at radius 1 is 1.24 bits per heavy atom. The number of nitro groups is 1. The lowest BCUT2D eigenvalue weighted by molar-refractivity contribution is -0.383. The van der Waals surface area contributed by atoms with Gasteiger partial charge in [0.25, 0.3) is 5.69 Å². The summed E-state index contributed by atoms with van der Waals surface area (Å²) in [7, 11) is 0. The highest BCUT2D eigenvalue weighted by Gasteiger charge is 2.18. The van der Waals surface area contributed by atoms with E-state index in [4.69, 9.17) is 14.9 Å². The van der Waals surface area contributed by atoms with Crippen molar-refractivity contribution in [3.05, 3.63) is 79.2 Å². The molecule has 8 heteroatoms. The van der Waals surface area contributed by atoms with Gasteiger partial charge in [0.2, 0.25) is 0 Å². The van der Waals surface area contributed by atoms with Crippen LogP contribution in [0.2, 0.25) is 0 Å². The minimum atomic E-state index is -0.759. The van der Waals surface area contributed by atoms with Gasteiger partial charge in [-0.3, -0.25) is 10.1 Å². The molecule has 0 saturated heterocycles. The number of nitrogens with zero attached hydrogens (tertiary/aromatic N) is 1. The summed E-state index contributed by atoms with van der Waals surface area (Å²) in [5.41, 5.74) is 7.57. The zero-order valence-electron chi connectivity index (χ0n) is 16.2. The number of aryl methyl sites for hydroxylation is 1. The van der Waals surface area contributed by atoms with Crippen molar-refractivity contribution in [2.24, 2.45) is 0 Å². The van der Waals surface area contributed by atoms with Crippen molar-refractivity contribution in [3.8, 4) is 0 Å². The fraction of sp³-hybridized carbons (Fsp3) is 0.238. The van der Waals surface area contributed by atoms with Gasteiger partial charge in [-0.1, -0.05) is 13.8 Å². The van der Waals surface area contributed by atoms with Gasteiger partial charge >= 0.3 is 11.6 Å². The van der Waals surface area contributed by atoms with Crippen molar-refractivity contribution in [2.75, 3.05) is 5.73 Å². The van der Waals surface area contributed by atoms with Gasteiger partial charge in [-0.25, -0.2) is 9.59 Å². The molecule has 0 aliphatic carbocycles. The maximum atomic E-state index is 12.4. The van der Waals surface area contributed by atoms with Gasteiger partial charge in [0.15, 0.2) is 0 Å². The summed E-state index contributed by atoms with van der Waals surface area (Å²) in [6, 6.07) is 8.69. The first-order chi connectivity index (χ1) is 13.7. The Kier molecular flexibility index (Phi) is 5.36. The Balaban J connectivity index is 1.93. The Morgan fingerprint density at radius 3 is 2.62 bits per heavy atom. The number of nitrogen functional groups attached to an aromatic ring is 1. The molecule has 150 valence electrons. The topological polar surface area (TPSA) is 126 Å². The molecule has 0 aliphatic rings. The average Bonchev–Trinajstić information content (AvgIpc) is 2.64. The molecule has 2 N–H and O–H groups in total. The number of carbonyl (C=O) groups excluding carboxylic acids is 1. The molecule has 0 saturated carbocycles. The van der Waals surface area contributed by atoms with E-state index in [2.05, 4.69) is 13.8 Å². The van der Waals surface area contributed by atoms with Crippen LogP contribution < -0.4 is 11.4 Å². The van der Waals surface area contributed by atoms with Crippen LogP contribution in [-0.4, -0.2) is 10.9 Å². The van der Waals surface area contributed by atoms with Crippen molar-refractivity contribution in [2.45, 2.75) is 33.3 Å². The van der Waals surface area contributed by atoms with Crippen LogP contribution in [0.5, 0.6) is 0 Å². The highest BCUT2D eigenvalue weighted by atomic mass is 16.6. The van der Waals surface area contributed by atoms with Gasteiger partial charge in [0, 0.05) is 23.1 Å². The Hall–Kier alpha value is -3.68. The number of esters is 1. The molecular formula is C21H20N2O6. The molecule has 29 heavy (non-hydrogen) atoms. The number of nitrogens with two attached hydrogens (primary N) is 1. The van der Waals surface area contributed by atoms with E-state index in [1.165, 1.54) is 18.2 Å². The predicted molar refractivity (Wildman–Crippen MR) is 108 cm³/mol. The van der Waals surface area contributed by atoms with Crippen LogP contribution in [-0.2, 0) is 11.3 Å². The third-order valence-corrected chi connectivity index (χ3v) is 4.66. The molecule has 0 amide bonds. The molecule has 1 heterocycles. The molecule has 8 nitrogen and oxygen atoms in total. The van der Waals surface area contributed by atoms with E-state index in [9.17, 15) is 19.7 Å². The first-order valence-electron chi connectivity index (χ1n) is 8.95. The van der Waals surface area contributed by atoms with Gasteiger partial charge in [0.05, 0.1) is 10.5 Å². The molecule has 0 aliphatic heterocycles. The quantitative estimate of drug-likeness (QED) is 0.226. The minimum absolute atomic E-state index is 0.00288. The number of benzene rings is 2. The third-order valence-electron chi connectivity index (χ3n) is 4.66. The second-order valence-electron chi connectivity index (χ2n) is 7.06. The zero-order valence-corrected chi connectivity index (χ0v) is 16.2. The number of carbonyl (C=O) groups is 1. The van der Waals surface area contributed by atoms with Crippen molar-refractivity contribution in [3.63, 3.8) is 0 Å². The van der Waals surface area contributed by atoms with E-state index >= 15 is 0 Å². The van der Waals surface area contributed by atoms with Crippen molar-refractivity contribution in [1.82, 2.24) is 0 Å². The Labute approximate surface area is 166 Å². The number of anilines is 1. The number of ether oxygens (including phenoxy) is 1. The van der Waals surface area contributed by atoms with Gasteiger partial charge in [-0.2, -0.15) is 0 Å². The smallest absolute Gasteiger partial charge is 0.338 e. The van der Waals surface area contributed by atoms with Crippen LogP contribution in [0.15, 0.2) is 45.6 Å². The SMILES string of the molecule is Cc1cc2oc(=O)cc(COC(=O)c3ccc(N)c([N+](=O)[O-])c3)c2cc1C(C)C. The van der Waals surface area contributed by atoms with E-state index in [0.29, 0.717) is 16.5 Å². The molecule has 0 radical (unpaired) electrons. The molecule has 0 bridgehead atoms. The van der Waals surface area contributed by atoms with Crippen molar-refractivity contribution < 1.29 is 18.9 Å². The zero-order chi connectivity index (χ0) is 21.3. The molecule has 0 unspecified atom stereocenters. The van der Waals surface area contributed by atoms with E-state index < -0.39 is 16.5 Å². The normalized spacial score (nSPS) is 11.0. The summed E-state index contributed by atoms with van der Waals surface area (Å²) in [5, 5.41) is 11.7. The second kappa shape index (κ2) is 7.75. The Morgan fingerprint density at radius 2 is 1.97 bits per heavy atom. The summed E-state index contributed by atoms with van der Waals surface area (Å²) in [6.07, 6.45) is 0. The lowest BCUT2D eigenvalue weighted by Crippen LogP contribution is -2.09. The van der Waals surface area contributed by atoms with E-state index in [1.807, 2.05) is 13.0 Å². The molecule has 0 atom stereocenters. The molecule has 2 aromatic carbocycles. The number of hydrogen-bond donors (Lipinski definition) is 1. The summed E-state index contributed by atoms with van der Waals surface area (Å²) in [6.45, 7) is 5.87. The second-order valence-corrected chi connectivity index (χ2v) is 7.06. The number of hydrogen-bond acceptors (Lipinski definition) is 7. The van der Waals surface area contributed by atoms with E-state index in [0.717, 1.165) is 17.2 Å². The summed E-state index contributed by atoms with van der Waals surface area (Å²) in [4.78, 5) is 34.6. The molecule has 3 rings (SSSR count). The number of fused-ring (bicyclic) bond motifs is 1. The maximum Gasteiger partial charge on any atom is 0.338 e. The lowest BCUT2D eigenvalue weighted by Gasteiger charge is -2.13. The summed E-state index contributed by atoms with van der Waals surface area (Å²) < 4.78 is 10.6. The first kappa shape index (κ1) is 20.1. The van der Waals surface area contributed by atoms with Crippen molar-refractivity contribution >= 4 is 28.3 Å². The standard InChI is InChI=1S/C21H20N2O6/c1-11(2)15-9-16-14(8-20(24)29-19(16)6-12(15)3)10-28-21(25)13-4-5-17(22)18(7-13)23(26)27/h4-9,11H,10,22H2,1-3H3. The monoisotopic (exact) mass is 396 g/mol. The third kappa shape index (κ3) is 4.11. The Bertz CT molecular complexity index is 1180. The van der Waals surface area contributed by atoms with Crippen LogP contribution >= 0.6 is 0 Å². The van der Waals surface area contributed by atoms with Crippen LogP contribution in [0.1, 0.15) is 46.8 Å². The lowest BCUT2D eigenvalue weighted by atomic mass is 9.95. The molecule has 0 spiro atoms. The van der Waals surface area contributed by atoms with E-state index in [1.54, 1.807) is 6.07 Å². The van der Waals surface area contributed by atoms with Gasteiger partial charge in [-0.05, 0) is 48.2 Å². The van der Waals surface area contributed by atoms with Crippen molar-refractivity contribution in [1.29, 1.82) is 0 Å². The molecule has 1 aromatic heterocycles. The number of nitro benzene ring substituents is 1. The summed E-state index contributed by atoms with van der Waals surface area (Å²) in [5.74, 6) is -0.497. The average molecular weight is 396 g/mol. The number of rotatable bonds is 5. The first-order valence-corrected chi connectivity index (χ1v) is 8.95. The molecule has 0 fully saturated rings. The van der Waals surface area contributed by atoms with Gasteiger partial charge in [-0.15, -0.1) is 0 Å². The highest BCUT2D eigenvalue weighted by Crippen LogP contribution is 2.28. The van der Waals surface area contributed by atoms with Gasteiger partial charge < -0.3 is 14.9 Å². The van der Waals surface area contributed by atoms with Crippen LogP contribution in [0.25, 0.3) is 11.0 Å². The molecule has 3 aromatic rings.